The van der Waals surface area contributed by atoms with Crippen molar-refractivity contribution in [3.8, 4) is 0 Å². The van der Waals surface area contributed by atoms with Crippen LogP contribution >= 0.6 is 23.2 Å². The summed E-state index contributed by atoms with van der Waals surface area (Å²) in [5.74, 6) is -4.98. The first-order valence-electron chi connectivity index (χ1n) is 11.3. The third-order valence-electron chi connectivity index (χ3n) is 6.98. The monoisotopic (exact) mass is 539 g/mol. The summed E-state index contributed by atoms with van der Waals surface area (Å²) in [6.45, 7) is 0. The number of nitro benzene ring substituents is 1. The number of nitro groups is 1. The van der Waals surface area contributed by atoms with Gasteiger partial charge < -0.3 is 5.11 Å². The minimum Gasteiger partial charge on any atom is -0.480 e. The molecule has 4 atom stereocenters. The van der Waals surface area contributed by atoms with Crippen LogP contribution in [0.15, 0.2) is 72.8 Å². The molecule has 2 amide bonds. The van der Waals surface area contributed by atoms with Crippen LogP contribution in [0, 0.1) is 22.0 Å². The lowest BCUT2D eigenvalue weighted by atomic mass is 9.76. The number of anilines is 1. The predicted octanol–water partition coefficient (Wildman–Crippen LogP) is 4.42. The van der Waals surface area contributed by atoms with Gasteiger partial charge in [-0.05, 0) is 29.3 Å². The number of imide groups is 1. The Kier molecular flexibility index (Phi) is 6.23. The first-order chi connectivity index (χ1) is 17.6. The molecule has 2 fully saturated rings. The Balaban J connectivity index is 1.66. The van der Waals surface area contributed by atoms with Crippen LogP contribution < -0.4 is 10.2 Å². The Hall–Kier alpha value is -3.79. The lowest BCUT2D eigenvalue weighted by Crippen LogP contribution is -2.57. The summed E-state index contributed by atoms with van der Waals surface area (Å²) in [4.78, 5) is 52.2. The number of nitrogens with one attached hydrogen (secondary N) is 1. The Morgan fingerprint density at radius 1 is 1.03 bits per heavy atom. The van der Waals surface area contributed by atoms with Crippen LogP contribution in [0.4, 0.5) is 11.4 Å². The first kappa shape index (κ1) is 24.9. The summed E-state index contributed by atoms with van der Waals surface area (Å²) >= 11 is 12.3. The van der Waals surface area contributed by atoms with E-state index in [0.29, 0.717) is 16.1 Å². The number of benzene rings is 3. The first-order valence-corrected chi connectivity index (χ1v) is 12.0. The van der Waals surface area contributed by atoms with Crippen LogP contribution in [0.25, 0.3) is 0 Å². The Bertz CT molecular complexity index is 1430. The zero-order chi connectivity index (χ0) is 26.5. The van der Waals surface area contributed by atoms with E-state index in [1.807, 2.05) is 0 Å². The van der Waals surface area contributed by atoms with Crippen molar-refractivity contribution < 1.29 is 24.4 Å². The van der Waals surface area contributed by atoms with Gasteiger partial charge in [-0.2, -0.15) is 0 Å². The molecule has 2 aliphatic rings. The van der Waals surface area contributed by atoms with E-state index in [-0.39, 0.29) is 22.8 Å². The molecule has 2 saturated heterocycles. The van der Waals surface area contributed by atoms with Crippen molar-refractivity contribution in [1.29, 1.82) is 0 Å². The molecule has 0 aromatic heterocycles. The predicted molar refractivity (Wildman–Crippen MR) is 135 cm³/mol. The van der Waals surface area contributed by atoms with Gasteiger partial charge in [-0.25, -0.2) is 4.90 Å². The molecule has 0 saturated carbocycles. The highest BCUT2D eigenvalue weighted by molar-refractivity contribution is 6.38. The third kappa shape index (κ3) is 4.05. The van der Waals surface area contributed by atoms with Crippen molar-refractivity contribution >= 4 is 52.4 Å². The quantitative estimate of drug-likeness (QED) is 0.269. The second-order valence-corrected chi connectivity index (χ2v) is 9.86. The SMILES string of the molecule is O=C1[C@@H]2[C@H](c3ccc([N+](=O)[O-])cc3)N[C@@](Cc3ccccc3)(C(=O)O)[C@H]2C(=O)N1c1ccc(Cl)cc1Cl. The highest BCUT2D eigenvalue weighted by atomic mass is 35.5. The zero-order valence-electron chi connectivity index (χ0n) is 19.0. The van der Waals surface area contributed by atoms with Gasteiger partial charge in [0.05, 0.1) is 27.5 Å². The normalized spacial score (nSPS) is 24.8. The summed E-state index contributed by atoms with van der Waals surface area (Å²) in [6.07, 6.45) is -0.0744. The lowest BCUT2D eigenvalue weighted by Gasteiger charge is -2.31. The maximum Gasteiger partial charge on any atom is 0.325 e. The number of halogens is 2. The number of fused-ring (bicyclic) bond motifs is 1. The van der Waals surface area contributed by atoms with E-state index in [9.17, 15) is 29.6 Å². The van der Waals surface area contributed by atoms with Crippen LogP contribution in [0.5, 0.6) is 0 Å². The number of aliphatic carboxylic acids is 1. The Labute approximate surface area is 220 Å². The van der Waals surface area contributed by atoms with E-state index < -0.39 is 46.1 Å². The number of nitrogens with zero attached hydrogens (tertiary/aromatic N) is 2. The van der Waals surface area contributed by atoms with Gasteiger partial charge in [0.25, 0.3) is 5.69 Å². The van der Waals surface area contributed by atoms with Crippen LogP contribution in [-0.4, -0.2) is 33.4 Å². The molecule has 188 valence electrons. The highest BCUT2D eigenvalue weighted by Gasteiger charge is 2.68. The molecule has 0 aliphatic carbocycles. The topological polar surface area (TPSA) is 130 Å². The number of carboxylic acid groups (broad SMARTS) is 1. The second-order valence-electron chi connectivity index (χ2n) is 9.02. The van der Waals surface area contributed by atoms with Gasteiger partial charge >= 0.3 is 5.97 Å². The molecule has 37 heavy (non-hydrogen) atoms. The molecule has 0 unspecified atom stereocenters. The van der Waals surface area contributed by atoms with E-state index in [0.717, 1.165) is 4.90 Å². The summed E-state index contributed by atoms with van der Waals surface area (Å²) in [5.41, 5.74) is -0.781. The van der Waals surface area contributed by atoms with E-state index in [1.54, 1.807) is 30.3 Å². The van der Waals surface area contributed by atoms with Gasteiger partial charge in [0.2, 0.25) is 11.8 Å². The smallest absolute Gasteiger partial charge is 0.325 e. The fourth-order valence-corrected chi connectivity index (χ4v) is 5.84. The maximum absolute atomic E-state index is 13.9. The van der Waals surface area contributed by atoms with Crippen molar-refractivity contribution in [1.82, 2.24) is 5.32 Å². The summed E-state index contributed by atoms with van der Waals surface area (Å²) in [6, 6.07) is 17.7. The van der Waals surface area contributed by atoms with Crippen LogP contribution in [0.1, 0.15) is 17.2 Å². The van der Waals surface area contributed by atoms with Crippen molar-refractivity contribution in [3.05, 3.63) is 104 Å². The summed E-state index contributed by atoms with van der Waals surface area (Å²) < 4.78 is 0. The van der Waals surface area contributed by atoms with Gasteiger partial charge in [0.1, 0.15) is 5.54 Å². The number of carbonyl (C=O) groups is 3. The van der Waals surface area contributed by atoms with Crippen LogP contribution in [0.3, 0.4) is 0 Å². The van der Waals surface area contributed by atoms with Crippen molar-refractivity contribution in [3.63, 3.8) is 0 Å². The van der Waals surface area contributed by atoms with Crippen LogP contribution in [-0.2, 0) is 20.8 Å². The van der Waals surface area contributed by atoms with Gasteiger partial charge in [-0.15, -0.1) is 0 Å². The fraction of sp³-hybridized carbons (Fsp3) is 0.192. The molecule has 2 N–H and O–H groups in total. The minimum atomic E-state index is -1.83. The van der Waals surface area contributed by atoms with Crippen LogP contribution in [0.2, 0.25) is 10.0 Å². The molecule has 3 aromatic rings. The molecular formula is C26H19Cl2N3O6. The molecule has 3 aromatic carbocycles. The molecule has 2 aliphatic heterocycles. The molecular weight excluding hydrogens is 521 g/mol. The Morgan fingerprint density at radius 2 is 1.70 bits per heavy atom. The standard InChI is InChI=1S/C26H19Cl2N3O6/c27-16-8-11-19(18(28)12-16)30-23(32)20-21(24(30)33)26(25(34)35,13-14-4-2-1-3-5-14)29-22(20)15-6-9-17(10-7-15)31(36)37/h1-12,20-22,29H,13H2,(H,34,35)/t20-,21+,22-,26+/m0/s1. The highest BCUT2D eigenvalue weighted by Crippen LogP contribution is 2.51. The van der Waals surface area contributed by atoms with Gasteiger partial charge in [-0.3, -0.25) is 29.8 Å². The summed E-state index contributed by atoms with van der Waals surface area (Å²) in [7, 11) is 0. The van der Waals surface area contributed by atoms with Gasteiger partial charge in [0, 0.05) is 29.6 Å². The van der Waals surface area contributed by atoms with Crippen molar-refractivity contribution in [2.45, 2.75) is 18.0 Å². The second kappa shape index (κ2) is 9.26. The lowest BCUT2D eigenvalue weighted by molar-refractivity contribution is -0.384. The largest absolute Gasteiger partial charge is 0.480 e. The van der Waals surface area contributed by atoms with E-state index in [1.165, 1.54) is 42.5 Å². The number of non-ortho nitro benzene ring substituents is 1. The molecule has 9 nitrogen and oxygen atoms in total. The zero-order valence-corrected chi connectivity index (χ0v) is 20.5. The molecule has 5 rings (SSSR count). The summed E-state index contributed by atoms with van der Waals surface area (Å²) in [5, 5.41) is 25.1. The van der Waals surface area contributed by atoms with Gasteiger partial charge in [0.15, 0.2) is 0 Å². The van der Waals surface area contributed by atoms with Crippen molar-refractivity contribution in [2.24, 2.45) is 11.8 Å². The number of hydrogen-bond acceptors (Lipinski definition) is 6. The number of hydrogen-bond donors (Lipinski definition) is 2. The molecule has 0 bridgehead atoms. The average Bonchev–Trinajstić information content (AvgIpc) is 3.34. The van der Waals surface area contributed by atoms with E-state index in [2.05, 4.69) is 5.32 Å². The minimum absolute atomic E-state index is 0.0676. The number of carboxylic acids is 1. The fourth-order valence-electron chi connectivity index (χ4n) is 5.35. The maximum atomic E-state index is 13.9. The number of amides is 2. The molecule has 2 heterocycles. The number of carbonyl (C=O) groups excluding carboxylic acids is 2. The molecule has 0 radical (unpaired) electrons. The number of rotatable bonds is 6. The molecule has 0 spiro atoms. The third-order valence-corrected chi connectivity index (χ3v) is 7.51. The average molecular weight is 540 g/mol. The van der Waals surface area contributed by atoms with E-state index in [4.69, 9.17) is 23.2 Å². The van der Waals surface area contributed by atoms with Gasteiger partial charge in [-0.1, -0.05) is 65.7 Å². The molecule has 11 heteroatoms. The van der Waals surface area contributed by atoms with Crippen molar-refractivity contribution in [2.75, 3.05) is 4.90 Å². The Morgan fingerprint density at radius 3 is 2.30 bits per heavy atom. The van der Waals surface area contributed by atoms with E-state index >= 15 is 0 Å².